The molecule has 3 heterocycles. The summed E-state index contributed by atoms with van der Waals surface area (Å²) in [5.41, 5.74) is 9.30. The SMILES string of the molecule is Nc1c(C(=O)c2ccc(S(=O)(=O)Nc3ccc(Cl)nn3)cc2)sc2nc3c(cc12)CCC3. The molecule has 8 nitrogen and oxygen atoms in total. The lowest BCUT2D eigenvalue weighted by atomic mass is 10.1. The minimum Gasteiger partial charge on any atom is -0.397 e. The molecule has 5 rings (SSSR count). The molecule has 0 saturated carbocycles. The fourth-order valence-electron chi connectivity index (χ4n) is 3.65. The van der Waals surface area contributed by atoms with Crippen LogP contribution in [0.4, 0.5) is 11.5 Å². The second-order valence-electron chi connectivity index (χ2n) is 7.35. The standard InChI is InChI=1S/C21H16ClN5O3S2/c22-16-8-9-17(26-25-16)27-32(29,30)13-6-4-11(5-7-13)19(28)20-18(23)14-10-12-2-1-3-15(12)24-21(14)31-20/h4-10H,1-3,23H2,(H,26,27). The van der Waals surface area contributed by atoms with Gasteiger partial charge in [-0.3, -0.25) is 9.52 Å². The van der Waals surface area contributed by atoms with Crippen molar-refractivity contribution in [1.82, 2.24) is 15.2 Å². The van der Waals surface area contributed by atoms with Gasteiger partial charge in [-0.2, -0.15) is 0 Å². The number of hydrogen-bond donors (Lipinski definition) is 2. The number of carbonyl (C=O) groups excluding carboxylic acids is 1. The van der Waals surface area contributed by atoms with Gasteiger partial charge < -0.3 is 5.73 Å². The van der Waals surface area contributed by atoms with Crippen molar-refractivity contribution in [1.29, 1.82) is 0 Å². The third kappa shape index (κ3) is 3.70. The van der Waals surface area contributed by atoms with Gasteiger partial charge in [0.2, 0.25) is 5.78 Å². The lowest BCUT2D eigenvalue weighted by Crippen LogP contribution is -2.14. The highest BCUT2D eigenvalue weighted by atomic mass is 35.5. The Morgan fingerprint density at radius 1 is 1.09 bits per heavy atom. The zero-order valence-electron chi connectivity index (χ0n) is 16.5. The van der Waals surface area contributed by atoms with Crippen molar-refractivity contribution in [2.75, 3.05) is 10.5 Å². The third-order valence-electron chi connectivity index (χ3n) is 5.25. The number of hydrogen-bond acceptors (Lipinski definition) is 8. The summed E-state index contributed by atoms with van der Waals surface area (Å²) in [5.74, 6) is -0.238. The number of ketones is 1. The van der Waals surface area contributed by atoms with E-state index in [2.05, 4.69) is 19.9 Å². The maximum Gasteiger partial charge on any atom is 0.263 e. The molecule has 0 amide bonds. The fourth-order valence-corrected chi connectivity index (χ4v) is 5.81. The second-order valence-corrected chi connectivity index (χ2v) is 10.4. The van der Waals surface area contributed by atoms with Crippen LogP contribution in [0, 0.1) is 0 Å². The van der Waals surface area contributed by atoms with Crippen molar-refractivity contribution in [3.8, 4) is 0 Å². The number of fused-ring (bicyclic) bond motifs is 2. The Labute approximate surface area is 192 Å². The van der Waals surface area contributed by atoms with Crippen molar-refractivity contribution in [2.45, 2.75) is 24.2 Å². The number of benzene rings is 1. The molecule has 162 valence electrons. The predicted molar refractivity (Wildman–Crippen MR) is 124 cm³/mol. The maximum absolute atomic E-state index is 13.1. The lowest BCUT2D eigenvalue weighted by molar-refractivity contribution is 0.104. The molecule has 0 spiro atoms. The van der Waals surface area contributed by atoms with Gasteiger partial charge >= 0.3 is 0 Å². The molecule has 3 aromatic heterocycles. The second kappa shape index (κ2) is 7.80. The van der Waals surface area contributed by atoms with Gasteiger partial charge in [-0.05, 0) is 67.3 Å². The highest BCUT2D eigenvalue weighted by molar-refractivity contribution is 7.92. The summed E-state index contributed by atoms with van der Waals surface area (Å²) in [6.45, 7) is 0. The average molecular weight is 486 g/mol. The molecule has 4 aromatic rings. The Kier molecular flexibility index (Phi) is 5.07. The molecule has 32 heavy (non-hydrogen) atoms. The van der Waals surface area contributed by atoms with Crippen LogP contribution in [0.5, 0.6) is 0 Å². The summed E-state index contributed by atoms with van der Waals surface area (Å²) in [5, 5.41) is 8.23. The Hall–Kier alpha value is -3.08. The minimum atomic E-state index is -3.91. The van der Waals surface area contributed by atoms with Crippen molar-refractivity contribution in [3.63, 3.8) is 0 Å². The molecular weight excluding hydrogens is 470 g/mol. The van der Waals surface area contributed by atoms with Gasteiger partial charge in [0.1, 0.15) is 9.71 Å². The summed E-state index contributed by atoms with van der Waals surface area (Å²) in [6, 6.07) is 10.5. The predicted octanol–water partition coefficient (Wildman–Crippen LogP) is 3.84. The van der Waals surface area contributed by atoms with E-state index in [1.165, 1.54) is 53.3 Å². The maximum atomic E-state index is 13.1. The van der Waals surface area contributed by atoms with Gasteiger partial charge in [0.15, 0.2) is 11.0 Å². The number of nitrogen functional groups attached to an aromatic ring is 1. The number of carbonyl (C=O) groups is 1. The molecule has 3 N–H and O–H groups in total. The molecule has 1 aromatic carbocycles. The van der Waals surface area contributed by atoms with E-state index in [1.807, 2.05) is 6.07 Å². The average Bonchev–Trinajstić information content (AvgIpc) is 3.37. The molecule has 0 saturated heterocycles. The van der Waals surface area contributed by atoms with Crippen LogP contribution in [0.2, 0.25) is 5.15 Å². The van der Waals surface area contributed by atoms with E-state index in [1.54, 1.807) is 0 Å². The van der Waals surface area contributed by atoms with Crippen LogP contribution in [0.25, 0.3) is 10.2 Å². The molecule has 0 atom stereocenters. The van der Waals surface area contributed by atoms with Crippen LogP contribution in [0.15, 0.2) is 47.4 Å². The van der Waals surface area contributed by atoms with Gasteiger partial charge in [0, 0.05) is 16.6 Å². The number of anilines is 2. The van der Waals surface area contributed by atoms with Gasteiger partial charge in [0.05, 0.1) is 10.6 Å². The number of aromatic nitrogens is 3. The number of nitrogens with two attached hydrogens (primary N) is 1. The largest absolute Gasteiger partial charge is 0.397 e. The number of thiophene rings is 1. The van der Waals surface area contributed by atoms with Gasteiger partial charge in [0.25, 0.3) is 10.0 Å². The number of halogens is 1. The smallest absolute Gasteiger partial charge is 0.263 e. The van der Waals surface area contributed by atoms with Gasteiger partial charge in [-0.25, -0.2) is 13.4 Å². The normalized spacial score (nSPS) is 13.3. The summed E-state index contributed by atoms with van der Waals surface area (Å²) >= 11 is 6.93. The Morgan fingerprint density at radius 3 is 2.59 bits per heavy atom. The van der Waals surface area contributed by atoms with E-state index in [0.29, 0.717) is 16.1 Å². The van der Waals surface area contributed by atoms with Crippen molar-refractivity contribution in [3.05, 3.63) is 69.3 Å². The molecule has 0 radical (unpaired) electrons. The van der Waals surface area contributed by atoms with E-state index in [9.17, 15) is 13.2 Å². The van der Waals surface area contributed by atoms with E-state index < -0.39 is 10.0 Å². The van der Waals surface area contributed by atoms with Crippen molar-refractivity contribution < 1.29 is 13.2 Å². The van der Waals surface area contributed by atoms with Crippen LogP contribution in [0.1, 0.15) is 32.9 Å². The van der Waals surface area contributed by atoms with E-state index >= 15 is 0 Å². The van der Waals surface area contributed by atoms with Crippen molar-refractivity contribution >= 4 is 60.5 Å². The number of aryl methyl sites for hydroxylation is 2. The topological polar surface area (TPSA) is 128 Å². The molecule has 1 aliphatic carbocycles. The zero-order valence-corrected chi connectivity index (χ0v) is 18.9. The Balaban J connectivity index is 1.42. The van der Waals surface area contributed by atoms with Crippen LogP contribution < -0.4 is 10.5 Å². The number of nitrogens with zero attached hydrogens (tertiary/aromatic N) is 3. The molecular formula is C21H16ClN5O3S2. The van der Waals surface area contributed by atoms with Crippen LogP contribution >= 0.6 is 22.9 Å². The first-order chi connectivity index (χ1) is 15.3. The van der Waals surface area contributed by atoms with E-state index in [-0.39, 0.29) is 21.6 Å². The first-order valence-electron chi connectivity index (χ1n) is 9.69. The van der Waals surface area contributed by atoms with E-state index in [0.717, 1.165) is 35.2 Å². The summed E-state index contributed by atoms with van der Waals surface area (Å²) < 4.78 is 27.5. The highest BCUT2D eigenvalue weighted by Crippen LogP contribution is 2.37. The zero-order chi connectivity index (χ0) is 22.5. The van der Waals surface area contributed by atoms with Crippen LogP contribution in [0.3, 0.4) is 0 Å². The quantitative estimate of drug-likeness (QED) is 0.411. The van der Waals surface area contributed by atoms with Gasteiger partial charge in [-0.1, -0.05) is 11.6 Å². The number of pyridine rings is 1. The van der Waals surface area contributed by atoms with Crippen molar-refractivity contribution in [2.24, 2.45) is 0 Å². The minimum absolute atomic E-state index is 0.0202. The van der Waals surface area contributed by atoms with Crippen LogP contribution in [-0.2, 0) is 22.9 Å². The fraction of sp³-hybridized carbons (Fsp3) is 0.143. The molecule has 0 bridgehead atoms. The Morgan fingerprint density at radius 2 is 1.88 bits per heavy atom. The first-order valence-corrected chi connectivity index (χ1v) is 12.4. The van der Waals surface area contributed by atoms with Gasteiger partial charge in [-0.15, -0.1) is 21.5 Å². The number of rotatable bonds is 5. The molecule has 11 heteroatoms. The molecule has 0 fully saturated rings. The molecule has 0 aliphatic heterocycles. The summed E-state index contributed by atoms with van der Waals surface area (Å²) in [6.07, 6.45) is 3.00. The molecule has 1 aliphatic rings. The summed E-state index contributed by atoms with van der Waals surface area (Å²) in [4.78, 5) is 18.9. The highest BCUT2D eigenvalue weighted by Gasteiger charge is 2.23. The van der Waals surface area contributed by atoms with Crippen LogP contribution in [-0.4, -0.2) is 29.4 Å². The molecule has 0 unspecified atom stereocenters. The third-order valence-corrected chi connectivity index (χ3v) is 7.94. The Bertz CT molecular complexity index is 1470. The number of nitrogens with one attached hydrogen (secondary N) is 1. The summed E-state index contributed by atoms with van der Waals surface area (Å²) in [7, 11) is -3.91. The monoisotopic (exact) mass is 485 g/mol. The number of sulfonamides is 1. The first kappa shape index (κ1) is 20.8. The van der Waals surface area contributed by atoms with E-state index in [4.69, 9.17) is 17.3 Å². The lowest BCUT2D eigenvalue weighted by Gasteiger charge is -2.07.